The lowest BCUT2D eigenvalue weighted by Crippen LogP contribution is -2.17. The number of carbonyl (C=O) groups is 1. The first kappa shape index (κ1) is 14.5. The lowest BCUT2D eigenvalue weighted by atomic mass is 10.0. The second-order valence-corrected chi connectivity index (χ2v) is 4.00. The van der Waals surface area contributed by atoms with Crippen molar-refractivity contribution in [2.75, 3.05) is 6.61 Å². The molecule has 0 amide bonds. The molecule has 0 rings (SSSR count). The number of unbranched alkanes of at least 4 members (excludes halogenated alkanes) is 3. The van der Waals surface area contributed by atoms with E-state index < -0.39 is 0 Å². The Morgan fingerprint density at radius 1 is 1.20 bits per heavy atom. The molecule has 0 aliphatic carbocycles. The topological polar surface area (TPSA) is 26.3 Å². The molecular formula is C13H25O2. The molecule has 0 spiro atoms. The van der Waals surface area contributed by atoms with Gasteiger partial charge in [-0.2, -0.15) is 0 Å². The van der Waals surface area contributed by atoms with Crippen LogP contribution in [0.2, 0.25) is 0 Å². The van der Waals surface area contributed by atoms with E-state index in [1.165, 1.54) is 12.8 Å². The predicted molar refractivity (Wildman–Crippen MR) is 63.5 cm³/mol. The van der Waals surface area contributed by atoms with E-state index in [-0.39, 0.29) is 11.9 Å². The van der Waals surface area contributed by atoms with Crippen LogP contribution in [-0.2, 0) is 9.53 Å². The number of hydrogen-bond donors (Lipinski definition) is 0. The maximum absolute atomic E-state index is 11.5. The van der Waals surface area contributed by atoms with Crippen LogP contribution in [0.1, 0.15) is 58.8 Å². The highest BCUT2D eigenvalue weighted by atomic mass is 16.5. The number of carbonyl (C=O) groups excluding carboxylic acids is 1. The van der Waals surface area contributed by atoms with Crippen molar-refractivity contribution in [2.45, 2.75) is 58.8 Å². The van der Waals surface area contributed by atoms with Crippen LogP contribution in [0, 0.1) is 12.8 Å². The average Bonchev–Trinajstić information content (AvgIpc) is 2.25. The first-order chi connectivity index (χ1) is 7.26. The summed E-state index contributed by atoms with van der Waals surface area (Å²) in [5.74, 6) is -0.0375. The Morgan fingerprint density at radius 2 is 1.93 bits per heavy atom. The standard InChI is InChI=1S/C13H25O2/c1-4-7-8-9-11-15-13(14)12(6-3)10-5-2/h12H,3-11H2,1-2H3. The quantitative estimate of drug-likeness (QED) is 0.430. The summed E-state index contributed by atoms with van der Waals surface area (Å²) in [6, 6.07) is 0. The first-order valence-electron chi connectivity index (χ1n) is 6.22. The molecule has 0 aromatic heterocycles. The summed E-state index contributed by atoms with van der Waals surface area (Å²) in [5, 5.41) is 0. The number of rotatable bonds is 9. The number of hydrogen-bond acceptors (Lipinski definition) is 2. The van der Waals surface area contributed by atoms with Crippen molar-refractivity contribution in [3.8, 4) is 0 Å². The summed E-state index contributed by atoms with van der Waals surface area (Å²) in [7, 11) is 0. The van der Waals surface area contributed by atoms with Gasteiger partial charge in [0.15, 0.2) is 0 Å². The van der Waals surface area contributed by atoms with Gasteiger partial charge < -0.3 is 4.74 Å². The fourth-order valence-electron chi connectivity index (χ4n) is 1.55. The second kappa shape index (κ2) is 10.0. The molecule has 0 aromatic carbocycles. The van der Waals surface area contributed by atoms with Crippen molar-refractivity contribution in [2.24, 2.45) is 5.92 Å². The predicted octanol–water partition coefficient (Wildman–Crippen LogP) is 3.75. The second-order valence-electron chi connectivity index (χ2n) is 4.00. The zero-order valence-electron chi connectivity index (χ0n) is 10.3. The van der Waals surface area contributed by atoms with E-state index in [0.29, 0.717) is 13.0 Å². The molecule has 1 radical (unpaired) electrons. The van der Waals surface area contributed by atoms with Crippen LogP contribution in [0.3, 0.4) is 0 Å². The van der Waals surface area contributed by atoms with Gasteiger partial charge in [-0.3, -0.25) is 4.79 Å². The number of ether oxygens (including phenoxy) is 1. The van der Waals surface area contributed by atoms with E-state index in [0.717, 1.165) is 25.7 Å². The summed E-state index contributed by atoms with van der Waals surface area (Å²) in [6.07, 6.45) is 7.17. The Kier molecular flexibility index (Phi) is 9.65. The highest BCUT2D eigenvalue weighted by Crippen LogP contribution is 2.12. The van der Waals surface area contributed by atoms with E-state index >= 15 is 0 Å². The average molecular weight is 213 g/mol. The fourth-order valence-corrected chi connectivity index (χ4v) is 1.55. The third kappa shape index (κ3) is 7.40. The van der Waals surface area contributed by atoms with Gasteiger partial charge in [0.1, 0.15) is 0 Å². The fraction of sp³-hybridized carbons (Fsp3) is 0.846. The third-order valence-electron chi connectivity index (χ3n) is 2.56. The van der Waals surface area contributed by atoms with E-state index in [1.54, 1.807) is 0 Å². The molecule has 0 aliphatic rings. The first-order valence-corrected chi connectivity index (χ1v) is 6.22. The molecule has 0 saturated carbocycles. The van der Waals surface area contributed by atoms with Crippen molar-refractivity contribution in [1.82, 2.24) is 0 Å². The maximum atomic E-state index is 11.5. The summed E-state index contributed by atoms with van der Waals surface area (Å²) < 4.78 is 5.22. The largest absolute Gasteiger partial charge is 0.465 e. The Balaban J connectivity index is 3.53. The van der Waals surface area contributed by atoms with Gasteiger partial charge in [-0.1, -0.05) is 46.5 Å². The summed E-state index contributed by atoms with van der Waals surface area (Å²) >= 11 is 0. The molecule has 2 nitrogen and oxygen atoms in total. The molecule has 1 unspecified atom stereocenters. The van der Waals surface area contributed by atoms with Crippen LogP contribution in [0.15, 0.2) is 0 Å². The van der Waals surface area contributed by atoms with Crippen LogP contribution in [0.5, 0.6) is 0 Å². The minimum absolute atomic E-state index is 0.0150. The van der Waals surface area contributed by atoms with E-state index in [4.69, 9.17) is 4.74 Å². The van der Waals surface area contributed by atoms with Crippen LogP contribution >= 0.6 is 0 Å². The molecule has 2 heteroatoms. The van der Waals surface area contributed by atoms with Gasteiger partial charge >= 0.3 is 5.97 Å². The van der Waals surface area contributed by atoms with Gasteiger partial charge in [0.25, 0.3) is 0 Å². The molecule has 0 N–H and O–H groups in total. The Hall–Kier alpha value is -0.530. The van der Waals surface area contributed by atoms with E-state index in [2.05, 4.69) is 20.8 Å². The number of esters is 1. The molecular weight excluding hydrogens is 188 g/mol. The van der Waals surface area contributed by atoms with Gasteiger partial charge in [-0.05, 0) is 19.3 Å². The highest BCUT2D eigenvalue weighted by Gasteiger charge is 2.16. The van der Waals surface area contributed by atoms with Crippen LogP contribution in [0.25, 0.3) is 0 Å². The summed E-state index contributed by atoms with van der Waals surface area (Å²) in [6.45, 7) is 8.62. The molecule has 0 aliphatic heterocycles. The molecule has 89 valence electrons. The lowest BCUT2D eigenvalue weighted by molar-refractivity contribution is -0.148. The van der Waals surface area contributed by atoms with Crippen molar-refractivity contribution in [1.29, 1.82) is 0 Å². The van der Waals surface area contributed by atoms with Gasteiger partial charge in [0.2, 0.25) is 0 Å². The zero-order chi connectivity index (χ0) is 11.5. The Labute approximate surface area is 94.4 Å². The van der Waals surface area contributed by atoms with Crippen LogP contribution in [-0.4, -0.2) is 12.6 Å². The Bertz CT molecular complexity index is 155. The minimum atomic E-state index is -0.0525. The Morgan fingerprint density at radius 3 is 2.47 bits per heavy atom. The maximum Gasteiger partial charge on any atom is 0.308 e. The van der Waals surface area contributed by atoms with Gasteiger partial charge in [0, 0.05) is 0 Å². The molecule has 0 fully saturated rings. The normalized spacial score (nSPS) is 12.5. The van der Waals surface area contributed by atoms with E-state index in [9.17, 15) is 4.79 Å². The van der Waals surface area contributed by atoms with Crippen molar-refractivity contribution < 1.29 is 9.53 Å². The smallest absolute Gasteiger partial charge is 0.308 e. The highest BCUT2D eigenvalue weighted by molar-refractivity contribution is 5.72. The summed E-state index contributed by atoms with van der Waals surface area (Å²) in [4.78, 5) is 11.5. The monoisotopic (exact) mass is 213 g/mol. The summed E-state index contributed by atoms with van der Waals surface area (Å²) in [5.41, 5.74) is 0. The molecule has 0 aromatic rings. The molecule has 15 heavy (non-hydrogen) atoms. The van der Waals surface area contributed by atoms with Crippen molar-refractivity contribution in [3.63, 3.8) is 0 Å². The van der Waals surface area contributed by atoms with Crippen molar-refractivity contribution >= 4 is 5.97 Å². The van der Waals surface area contributed by atoms with Gasteiger partial charge in [-0.15, -0.1) is 0 Å². The van der Waals surface area contributed by atoms with E-state index in [1.807, 2.05) is 0 Å². The molecule has 1 atom stereocenters. The lowest BCUT2D eigenvalue weighted by Gasteiger charge is -2.12. The van der Waals surface area contributed by atoms with Gasteiger partial charge in [0.05, 0.1) is 12.5 Å². The molecule has 0 saturated heterocycles. The van der Waals surface area contributed by atoms with Crippen LogP contribution < -0.4 is 0 Å². The third-order valence-corrected chi connectivity index (χ3v) is 2.56. The van der Waals surface area contributed by atoms with Gasteiger partial charge in [-0.25, -0.2) is 0 Å². The van der Waals surface area contributed by atoms with Crippen LogP contribution in [0.4, 0.5) is 0 Å². The molecule has 0 bridgehead atoms. The van der Waals surface area contributed by atoms with Crippen molar-refractivity contribution in [3.05, 3.63) is 6.92 Å². The molecule has 0 heterocycles. The zero-order valence-corrected chi connectivity index (χ0v) is 10.3. The minimum Gasteiger partial charge on any atom is -0.465 e. The SMILES string of the molecule is [CH2]CC(CCC)C(=O)OCCCCCC.